The van der Waals surface area contributed by atoms with Crippen molar-refractivity contribution in [3.05, 3.63) is 69.5 Å². The van der Waals surface area contributed by atoms with E-state index < -0.39 is 16.7 Å². The van der Waals surface area contributed by atoms with Crippen molar-refractivity contribution in [1.82, 2.24) is 0 Å². The van der Waals surface area contributed by atoms with Crippen molar-refractivity contribution in [3.8, 4) is 5.75 Å². The molecule has 0 aliphatic heterocycles. The van der Waals surface area contributed by atoms with Gasteiger partial charge in [-0.25, -0.2) is 9.18 Å². The van der Waals surface area contributed by atoms with Crippen molar-refractivity contribution >= 4 is 11.7 Å². The van der Waals surface area contributed by atoms with Gasteiger partial charge in [0, 0.05) is 17.7 Å². The number of carboxylic acids is 1. The molecule has 2 aromatic carbocycles. The minimum Gasteiger partial charge on any atom is -0.482 e. The van der Waals surface area contributed by atoms with Gasteiger partial charge in [-0.15, -0.1) is 0 Å². The molecule has 6 nitrogen and oxygen atoms in total. The van der Waals surface area contributed by atoms with Gasteiger partial charge in [-0.2, -0.15) is 0 Å². The van der Waals surface area contributed by atoms with Gasteiger partial charge < -0.3 is 9.84 Å². The van der Waals surface area contributed by atoms with Gasteiger partial charge in [0.05, 0.1) is 10.5 Å². The molecule has 0 saturated carbocycles. The average molecular weight is 291 g/mol. The maximum absolute atomic E-state index is 13.1. The number of benzene rings is 2. The summed E-state index contributed by atoms with van der Waals surface area (Å²) in [6.45, 7) is -0.216. The van der Waals surface area contributed by atoms with Crippen LogP contribution < -0.4 is 4.74 Å². The molecule has 0 atom stereocenters. The summed E-state index contributed by atoms with van der Waals surface area (Å²) in [5, 5.41) is 19.9. The Kier molecular flexibility index (Phi) is 4.13. The molecule has 0 spiro atoms. The molecule has 0 fully saturated rings. The molecule has 2 rings (SSSR count). The van der Waals surface area contributed by atoms with Crippen molar-refractivity contribution in [2.45, 2.75) is 6.61 Å². The van der Waals surface area contributed by atoms with Gasteiger partial charge in [0.25, 0.3) is 0 Å². The number of carbonyl (C=O) groups is 1. The number of rotatable bonds is 5. The highest BCUT2D eigenvalue weighted by atomic mass is 19.1. The van der Waals surface area contributed by atoms with Gasteiger partial charge >= 0.3 is 11.7 Å². The lowest BCUT2D eigenvalue weighted by molar-refractivity contribution is -0.386. The maximum atomic E-state index is 13.1. The van der Waals surface area contributed by atoms with Crippen LogP contribution in [0.1, 0.15) is 15.9 Å². The molecule has 21 heavy (non-hydrogen) atoms. The van der Waals surface area contributed by atoms with E-state index in [1.165, 1.54) is 12.1 Å². The van der Waals surface area contributed by atoms with E-state index in [1.54, 1.807) is 12.1 Å². The molecule has 0 heterocycles. The predicted octanol–water partition coefficient (Wildman–Crippen LogP) is 3.01. The summed E-state index contributed by atoms with van der Waals surface area (Å²) in [4.78, 5) is 21.2. The van der Waals surface area contributed by atoms with Crippen LogP contribution in [0.3, 0.4) is 0 Å². The Morgan fingerprint density at radius 3 is 2.67 bits per heavy atom. The third-order valence-corrected chi connectivity index (χ3v) is 2.75. The van der Waals surface area contributed by atoms with Crippen molar-refractivity contribution in [2.24, 2.45) is 0 Å². The smallest absolute Gasteiger partial charge is 0.336 e. The summed E-state index contributed by atoms with van der Waals surface area (Å²) < 4.78 is 18.4. The Balaban J connectivity index is 2.27. The number of nitro groups is 1. The number of carboxylic acid groups (broad SMARTS) is 1. The van der Waals surface area contributed by atoms with E-state index in [0.29, 0.717) is 5.56 Å². The van der Waals surface area contributed by atoms with Crippen molar-refractivity contribution in [1.29, 1.82) is 0 Å². The largest absolute Gasteiger partial charge is 0.482 e. The molecule has 108 valence electrons. The van der Waals surface area contributed by atoms with E-state index in [1.807, 2.05) is 0 Å². The lowest BCUT2D eigenvalue weighted by atomic mass is 10.1. The summed E-state index contributed by atoms with van der Waals surface area (Å²) >= 11 is 0. The van der Waals surface area contributed by atoms with E-state index in [2.05, 4.69) is 0 Å². The van der Waals surface area contributed by atoms with Crippen molar-refractivity contribution in [3.63, 3.8) is 0 Å². The second-order valence-electron chi connectivity index (χ2n) is 4.12. The molecule has 0 unspecified atom stereocenters. The first-order valence-electron chi connectivity index (χ1n) is 5.87. The standard InChI is InChI=1S/C14H10FNO5/c15-10-5-6-12(16(19)20)13(7-10)21-8-9-3-1-2-4-11(9)14(17)18/h1-7H,8H2,(H,17,18). The molecule has 1 N–H and O–H groups in total. The summed E-state index contributed by atoms with van der Waals surface area (Å²) in [5.41, 5.74) is -0.0238. The molecular formula is C14H10FNO5. The Morgan fingerprint density at radius 1 is 1.29 bits per heavy atom. The highest BCUT2D eigenvalue weighted by molar-refractivity contribution is 5.89. The van der Waals surface area contributed by atoms with E-state index in [4.69, 9.17) is 9.84 Å². The zero-order chi connectivity index (χ0) is 15.4. The fourth-order valence-electron chi connectivity index (χ4n) is 1.76. The molecule has 2 aromatic rings. The van der Waals surface area contributed by atoms with E-state index in [9.17, 15) is 19.3 Å². The monoisotopic (exact) mass is 291 g/mol. The number of nitrogens with zero attached hydrogens (tertiary/aromatic N) is 1. The quantitative estimate of drug-likeness (QED) is 0.675. The summed E-state index contributed by atoms with van der Waals surface area (Å²) in [6, 6.07) is 8.92. The highest BCUT2D eigenvalue weighted by Crippen LogP contribution is 2.28. The summed E-state index contributed by atoms with van der Waals surface area (Å²) in [6.07, 6.45) is 0. The summed E-state index contributed by atoms with van der Waals surface area (Å²) in [5.74, 6) is -2.06. The number of hydrogen-bond donors (Lipinski definition) is 1. The Morgan fingerprint density at radius 2 is 2.00 bits per heavy atom. The maximum Gasteiger partial charge on any atom is 0.336 e. The Hall–Kier alpha value is -2.96. The van der Waals surface area contributed by atoms with E-state index in [0.717, 1.165) is 18.2 Å². The number of ether oxygens (including phenoxy) is 1. The zero-order valence-electron chi connectivity index (χ0n) is 10.7. The molecule has 0 amide bonds. The normalized spacial score (nSPS) is 10.1. The number of hydrogen-bond acceptors (Lipinski definition) is 4. The van der Waals surface area contributed by atoms with E-state index >= 15 is 0 Å². The van der Waals surface area contributed by atoms with Gasteiger partial charge in [-0.1, -0.05) is 18.2 Å². The first-order chi connectivity index (χ1) is 9.99. The zero-order valence-corrected chi connectivity index (χ0v) is 10.7. The van der Waals surface area contributed by atoms with Crippen molar-refractivity contribution < 1.29 is 24.0 Å². The molecule has 0 saturated heterocycles. The van der Waals surface area contributed by atoms with Crippen LogP contribution >= 0.6 is 0 Å². The van der Waals surface area contributed by atoms with Crippen LogP contribution in [0.4, 0.5) is 10.1 Å². The summed E-state index contributed by atoms with van der Waals surface area (Å²) in [7, 11) is 0. The van der Waals surface area contributed by atoms with Crippen LogP contribution in [0.5, 0.6) is 5.75 Å². The fourth-order valence-corrected chi connectivity index (χ4v) is 1.76. The first-order valence-corrected chi connectivity index (χ1v) is 5.87. The van der Waals surface area contributed by atoms with Crippen LogP contribution in [0.15, 0.2) is 42.5 Å². The Bertz CT molecular complexity index is 702. The van der Waals surface area contributed by atoms with Crippen LogP contribution in [-0.2, 0) is 6.61 Å². The van der Waals surface area contributed by atoms with Crippen LogP contribution in [0.2, 0.25) is 0 Å². The predicted molar refractivity (Wildman–Crippen MR) is 70.8 cm³/mol. The molecule has 0 bridgehead atoms. The molecule has 0 aliphatic carbocycles. The second kappa shape index (κ2) is 6.00. The van der Waals surface area contributed by atoms with Crippen LogP contribution in [0.25, 0.3) is 0 Å². The lowest BCUT2D eigenvalue weighted by Crippen LogP contribution is -2.06. The van der Waals surface area contributed by atoms with E-state index in [-0.39, 0.29) is 23.6 Å². The third-order valence-electron chi connectivity index (χ3n) is 2.75. The molecule has 0 aromatic heterocycles. The lowest BCUT2D eigenvalue weighted by Gasteiger charge is -2.09. The highest BCUT2D eigenvalue weighted by Gasteiger charge is 2.17. The molecule has 0 radical (unpaired) electrons. The average Bonchev–Trinajstić information content (AvgIpc) is 2.45. The van der Waals surface area contributed by atoms with Crippen molar-refractivity contribution in [2.75, 3.05) is 0 Å². The number of aromatic carboxylic acids is 1. The van der Waals surface area contributed by atoms with Gasteiger partial charge in [0.2, 0.25) is 0 Å². The molecule has 0 aliphatic rings. The number of nitro benzene ring substituents is 1. The minimum absolute atomic E-state index is 0.0246. The second-order valence-corrected chi connectivity index (χ2v) is 4.12. The Labute approximate surface area is 118 Å². The van der Waals surface area contributed by atoms with Gasteiger partial charge in [-0.3, -0.25) is 10.1 Å². The minimum atomic E-state index is -1.14. The number of halogens is 1. The van der Waals surface area contributed by atoms with Crippen LogP contribution in [-0.4, -0.2) is 16.0 Å². The van der Waals surface area contributed by atoms with Crippen LogP contribution in [0, 0.1) is 15.9 Å². The SMILES string of the molecule is O=C(O)c1ccccc1COc1cc(F)ccc1[N+](=O)[O-]. The third kappa shape index (κ3) is 3.33. The van der Waals surface area contributed by atoms with Gasteiger partial charge in [0.1, 0.15) is 12.4 Å². The molecular weight excluding hydrogens is 281 g/mol. The fraction of sp³-hybridized carbons (Fsp3) is 0.0714. The van der Waals surface area contributed by atoms with Gasteiger partial charge in [0.15, 0.2) is 5.75 Å². The molecule has 7 heteroatoms. The topological polar surface area (TPSA) is 89.7 Å². The van der Waals surface area contributed by atoms with Gasteiger partial charge in [-0.05, 0) is 12.1 Å². The first kappa shape index (κ1) is 14.4.